The molecule has 2 heterocycles. The Morgan fingerprint density at radius 2 is 1.77 bits per heavy atom. The third kappa shape index (κ3) is 5.53. The number of anilines is 2. The van der Waals surface area contributed by atoms with Crippen molar-refractivity contribution in [2.45, 2.75) is 30.1 Å². The van der Waals surface area contributed by atoms with Crippen molar-refractivity contribution >= 4 is 51.8 Å². The molecule has 0 bridgehead atoms. The number of carbonyl (C=O) groups is 3. The maximum Gasteiger partial charge on any atom is 0.321 e. The summed E-state index contributed by atoms with van der Waals surface area (Å²) in [5, 5.41) is 11.7. The van der Waals surface area contributed by atoms with Crippen LogP contribution in [0, 0.1) is 0 Å². The summed E-state index contributed by atoms with van der Waals surface area (Å²) in [6.07, 6.45) is 1.99. The summed E-state index contributed by atoms with van der Waals surface area (Å²) >= 11 is 2.68. The Balaban J connectivity index is 1.22. The molecule has 0 spiro atoms. The standard InChI is InChI=1S/C20H24N6O3S2/c1-14(27)26(16-7-8-16)19-22-23-20(31-19)30-13-17(28)24-9-11-25(12-10-24)18(29)21-15-5-3-2-4-6-15/h2-6,16H,7-13H2,1H3,(H,21,29). The molecule has 4 rings (SSSR count). The number of aromatic nitrogens is 2. The number of nitrogens with one attached hydrogen (secondary N) is 1. The third-order valence-electron chi connectivity index (χ3n) is 5.12. The van der Waals surface area contributed by atoms with E-state index in [2.05, 4.69) is 15.5 Å². The number of nitrogens with zero attached hydrogens (tertiary/aromatic N) is 5. The van der Waals surface area contributed by atoms with Crippen LogP contribution in [0.15, 0.2) is 34.7 Å². The molecule has 4 amide bonds. The average Bonchev–Trinajstić information content (AvgIpc) is 3.49. The molecule has 1 aliphatic carbocycles. The van der Waals surface area contributed by atoms with Gasteiger partial charge in [-0.25, -0.2) is 4.79 Å². The molecule has 2 aliphatic rings. The molecule has 2 fully saturated rings. The lowest BCUT2D eigenvalue weighted by molar-refractivity contribution is -0.129. The Labute approximate surface area is 188 Å². The largest absolute Gasteiger partial charge is 0.338 e. The van der Waals surface area contributed by atoms with Gasteiger partial charge in [-0.2, -0.15) is 0 Å². The fourth-order valence-corrected chi connectivity index (χ4v) is 5.20. The molecule has 1 saturated carbocycles. The first kappa shape index (κ1) is 21.6. The number of thioether (sulfide) groups is 1. The van der Waals surface area contributed by atoms with Crippen molar-refractivity contribution < 1.29 is 14.4 Å². The van der Waals surface area contributed by atoms with Crippen LogP contribution in [0.1, 0.15) is 19.8 Å². The van der Waals surface area contributed by atoms with Crippen LogP contribution in [0.2, 0.25) is 0 Å². The van der Waals surface area contributed by atoms with E-state index in [0.717, 1.165) is 18.5 Å². The zero-order chi connectivity index (χ0) is 21.8. The van der Waals surface area contributed by atoms with Crippen LogP contribution in [0.3, 0.4) is 0 Å². The summed E-state index contributed by atoms with van der Waals surface area (Å²) in [4.78, 5) is 42.0. The predicted molar refractivity (Wildman–Crippen MR) is 120 cm³/mol. The fourth-order valence-electron chi connectivity index (χ4n) is 3.34. The van der Waals surface area contributed by atoms with Gasteiger partial charge in [0.15, 0.2) is 4.34 Å². The van der Waals surface area contributed by atoms with Crippen LogP contribution in [0.25, 0.3) is 0 Å². The van der Waals surface area contributed by atoms with Gasteiger partial charge in [-0.1, -0.05) is 41.3 Å². The van der Waals surface area contributed by atoms with Crippen molar-refractivity contribution in [2.24, 2.45) is 0 Å². The molecule has 1 saturated heterocycles. The maximum absolute atomic E-state index is 12.6. The monoisotopic (exact) mass is 460 g/mol. The number of urea groups is 1. The van der Waals surface area contributed by atoms with Crippen molar-refractivity contribution in [3.8, 4) is 0 Å². The maximum atomic E-state index is 12.6. The van der Waals surface area contributed by atoms with E-state index in [1.807, 2.05) is 30.3 Å². The lowest BCUT2D eigenvalue weighted by atomic mass is 10.3. The van der Waals surface area contributed by atoms with Crippen LogP contribution in [-0.4, -0.2) is 75.8 Å². The molecule has 1 aromatic heterocycles. The topological polar surface area (TPSA) is 98.7 Å². The molecule has 2 aromatic rings. The zero-order valence-corrected chi connectivity index (χ0v) is 18.8. The smallest absolute Gasteiger partial charge is 0.321 e. The van der Waals surface area contributed by atoms with E-state index in [0.29, 0.717) is 35.7 Å². The van der Waals surface area contributed by atoms with E-state index < -0.39 is 0 Å². The summed E-state index contributed by atoms with van der Waals surface area (Å²) < 4.78 is 0.677. The second-order valence-corrected chi connectivity index (χ2v) is 9.60. The molecule has 11 heteroatoms. The van der Waals surface area contributed by atoms with Crippen molar-refractivity contribution in [1.29, 1.82) is 0 Å². The van der Waals surface area contributed by atoms with Gasteiger partial charge < -0.3 is 15.1 Å². The highest BCUT2D eigenvalue weighted by molar-refractivity contribution is 8.01. The Morgan fingerprint density at radius 3 is 2.42 bits per heavy atom. The fraction of sp³-hybridized carbons (Fsp3) is 0.450. The van der Waals surface area contributed by atoms with Crippen LogP contribution < -0.4 is 10.2 Å². The zero-order valence-electron chi connectivity index (χ0n) is 17.2. The Hall–Kier alpha value is -2.66. The Kier molecular flexibility index (Phi) is 6.71. The molecular weight excluding hydrogens is 436 g/mol. The lowest BCUT2D eigenvalue weighted by Gasteiger charge is -2.34. The van der Waals surface area contributed by atoms with Gasteiger partial charge in [-0.15, -0.1) is 10.2 Å². The predicted octanol–water partition coefficient (Wildman–Crippen LogP) is 2.52. The van der Waals surface area contributed by atoms with Crippen molar-refractivity contribution in [2.75, 3.05) is 42.1 Å². The third-order valence-corrected chi connectivity index (χ3v) is 7.16. The highest BCUT2D eigenvalue weighted by Crippen LogP contribution is 2.35. The number of para-hydroxylation sites is 1. The minimum Gasteiger partial charge on any atom is -0.338 e. The first-order valence-electron chi connectivity index (χ1n) is 10.2. The van der Waals surface area contributed by atoms with E-state index >= 15 is 0 Å². The summed E-state index contributed by atoms with van der Waals surface area (Å²) in [6.45, 7) is 3.53. The van der Waals surface area contributed by atoms with Gasteiger partial charge >= 0.3 is 6.03 Å². The van der Waals surface area contributed by atoms with Crippen LogP contribution in [-0.2, 0) is 9.59 Å². The van der Waals surface area contributed by atoms with E-state index in [1.54, 1.807) is 14.7 Å². The number of hydrogen-bond donors (Lipinski definition) is 1. The van der Waals surface area contributed by atoms with E-state index in [9.17, 15) is 14.4 Å². The van der Waals surface area contributed by atoms with Crippen LogP contribution >= 0.6 is 23.1 Å². The highest BCUT2D eigenvalue weighted by Gasteiger charge is 2.34. The number of hydrogen-bond acceptors (Lipinski definition) is 7. The van der Waals surface area contributed by atoms with Crippen LogP contribution in [0.4, 0.5) is 15.6 Å². The Bertz CT molecular complexity index is 941. The molecule has 1 aromatic carbocycles. The lowest BCUT2D eigenvalue weighted by Crippen LogP contribution is -2.52. The number of benzene rings is 1. The van der Waals surface area contributed by atoms with Gasteiger partial charge in [0.1, 0.15) is 0 Å². The number of amides is 4. The first-order chi connectivity index (χ1) is 15.0. The SMILES string of the molecule is CC(=O)N(c1nnc(SCC(=O)N2CCN(C(=O)Nc3ccccc3)CC2)s1)C1CC1. The van der Waals surface area contributed by atoms with Crippen LogP contribution in [0.5, 0.6) is 0 Å². The summed E-state index contributed by atoms with van der Waals surface area (Å²) in [5.74, 6) is 0.241. The molecule has 1 aliphatic heterocycles. The van der Waals surface area contributed by atoms with E-state index in [-0.39, 0.29) is 29.6 Å². The molecular formula is C20H24N6O3S2. The number of carbonyl (C=O) groups excluding carboxylic acids is 3. The summed E-state index contributed by atoms with van der Waals surface area (Å²) in [7, 11) is 0. The second kappa shape index (κ2) is 9.65. The highest BCUT2D eigenvalue weighted by atomic mass is 32.2. The molecule has 1 N–H and O–H groups in total. The molecule has 31 heavy (non-hydrogen) atoms. The van der Waals surface area contributed by atoms with E-state index in [4.69, 9.17) is 0 Å². The van der Waals surface area contributed by atoms with Gasteiger partial charge in [0, 0.05) is 44.8 Å². The first-order valence-corrected chi connectivity index (χ1v) is 12.0. The van der Waals surface area contributed by atoms with Crippen molar-refractivity contribution in [3.05, 3.63) is 30.3 Å². The molecule has 9 nitrogen and oxygen atoms in total. The molecule has 0 unspecified atom stereocenters. The van der Waals surface area contributed by atoms with Gasteiger partial charge in [0.05, 0.1) is 5.75 Å². The van der Waals surface area contributed by atoms with Gasteiger partial charge in [-0.3, -0.25) is 14.5 Å². The van der Waals surface area contributed by atoms with Gasteiger partial charge in [0.2, 0.25) is 16.9 Å². The molecule has 0 atom stereocenters. The number of piperazine rings is 1. The van der Waals surface area contributed by atoms with Gasteiger partial charge in [0.25, 0.3) is 0 Å². The number of rotatable bonds is 6. The van der Waals surface area contributed by atoms with Crippen molar-refractivity contribution in [3.63, 3.8) is 0 Å². The molecule has 164 valence electrons. The normalized spacial score (nSPS) is 16.2. The molecule has 0 radical (unpaired) electrons. The van der Waals surface area contributed by atoms with E-state index in [1.165, 1.54) is 30.0 Å². The Morgan fingerprint density at radius 1 is 1.10 bits per heavy atom. The second-order valence-electron chi connectivity index (χ2n) is 7.42. The summed E-state index contributed by atoms with van der Waals surface area (Å²) in [6, 6.07) is 9.40. The summed E-state index contributed by atoms with van der Waals surface area (Å²) in [5.41, 5.74) is 0.754. The minimum absolute atomic E-state index is 0.00971. The van der Waals surface area contributed by atoms with Gasteiger partial charge in [-0.05, 0) is 25.0 Å². The van der Waals surface area contributed by atoms with Crippen molar-refractivity contribution in [1.82, 2.24) is 20.0 Å². The average molecular weight is 461 g/mol. The quantitative estimate of drug-likeness (QED) is 0.525. The minimum atomic E-state index is -0.153.